The smallest absolute Gasteiger partial charge is 0.417 e. The molecule has 1 heterocycles. The Labute approximate surface area is 190 Å². The van der Waals surface area contributed by atoms with Gasteiger partial charge in [0.05, 0.1) is 10.6 Å². The van der Waals surface area contributed by atoms with Crippen LogP contribution in [0.1, 0.15) is 18.1 Å². The number of carbonyl (C=O) groups excluding carboxylic acids is 1. The molecule has 0 aliphatic carbocycles. The summed E-state index contributed by atoms with van der Waals surface area (Å²) in [5, 5.41) is 7.91. The molecule has 2 amide bonds. The first-order valence-corrected chi connectivity index (χ1v) is 10.8. The third kappa shape index (κ3) is 6.75. The first-order valence-electron chi connectivity index (χ1n) is 10.4. The summed E-state index contributed by atoms with van der Waals surface area (Å²) in [7, 11) is 0. The predicted molar refractivity (Wildman–Crippen MR) is 120 cm³/mol. The van der Waals surface area contributed by atoms with Gasteiger partial charge in [0.2, 0.25) is 0 Å². The van der Waals surface area contributed by atoms with Crippen molar-refractivity contribution >= 4 is 29.0 Å². The van der Waals surface area contributed by atoms with Gasteiger partial charge in [-0.15, -0.1) is 0 Å². The minimum absolute atomic E-state index is 0.0168. The van der Waals surface area contributed by atoms with Crippen LogP contribution in [-0.4, -0.2) is 50.3 Å². The summed E-state index contributed by atoms with van der Waals surface area (Å²) in [6.45, 7) is 7.23. The summed E-state index contributed by atoms with van der Waals surface area (Å²) in [5.41, 5.74) is 0.451. The largest absolute Gasteiger partial charge is 0.492 e. The van der Waals surface area contributed by atoms with Gasteiger partial charge in [-0.25, -0.2) is 4.79 Å². The number of nitrogens with one attached hydrogen (secondary N) is 3. The van der Waals surface area contributed by atoms with E-state index < -0.39 is 22.8 Å². The average Bonchev–Trinajstić information content (AvgIpc) is 2.75. The molecule has 1 aliphatic rings. The third-order valence-corrected chi connectivity index (χ3v) is 5.44. The van der Waals surface area contributed by atoms with Gasteiger partial charge in [-0.3, -0.25) is 4.90 Å². The Bertz CT molecular complexity index is 934. The van der Waals surface area contributed by atoms with E-state index in [1.54, 1.807) is 12.1 Å². The first-order chi connectivity index (χ1) is 15.3. The summed E-state index contributed by atoms with van der Waals surface area (Å²) >= 11 is 5.62. The van der Waals surface area contributed by atoms with Crippen molar-refractivity contribution in [2.45, 2.75) is 19.5 Å². The molecule has 1 saturated heterocycles. The van der Waals surface area contributed by atoms with Crippen LogP contribution < -0.4 is 20.7 Å². The van der Waals surface area contributed by atoms with Crippen molar-refractivity contribution in [2.75, 3.05) is 50.0 Å². The van der Waals surface area contributed by atoms with Crippen molar-refractivity contribution in [3.8, 4) is 5.75 Å². The van der Waals surface area contributed by atoms with Crippen molar-refractivity contribution in [2.24, 2.45) is 0 Å². The number of hydrogen-bond donors (Lipinski definition) is 3. The lowest BCUT2D eigenvalue weighted by Crippen LogP contribution is -2.44. The number of halogens is 4. The average molecular weight is 471 g/mol. The second kappa shape index (κ2) is 10.9. The van der Waals surface area contributed by atoms with E-state index in [1.165, 1.54) is 6.07 Å². The zero-order chi connectivity index (χ0) is 23.1. The Morgan fingerprint density at radius 2 is 1.78 bits per heavy atom. The number of amides is 2. The normalized spacial score (nSPS) is 14.8. The standard InChI is InChI=1S/C22H26ClF3N4O2/c1-2-15-3-4-17(14-20(15)32-12-11-30-9-7-27-8-10-30)29-21(31)28-16-5-6-19(23)18(13-16)22(24,25)26/h3-6,13-14,27H,2,7-12H2,1H3,(H2,28,29,31). The van der Waals surface area contributed by atoms with Crippen LogP contribution in [0.5, 0.6) is 5.75 Å². The molecule has 0 saturated carbocycles. The maximum atomic E-state index is 13.0. The molecule has 0 bridgehead atoms. The number of urea groups is 1. The Balaban J connectivity index is 1.61. The number of carbonyl (C=O) groups is 1. The molecule has 174 valence electrons. The summed E-state index contributed by atoms with van der Waals surface area (Å²) in [6.07, 6.45) is -3.85. The van der Waals surface area contributed by atoms with Gasteiger partial charge in [0, 0.05) is 50.2 Å². The maximum Gasteiger partial charge on any atom is 0.417 e. The number of aryl methyl sites for hydroxylation is 1. The van der Waals surface area contributed by atoms with E-state index >= 15 is 0 Å². The van der Waals surface area contributed by atoms with E-state index in [4.69, 9.17) is 16.3 Å². The summed E-state index contributed by atoms with van der Waals surface area (Å²) < 4.78 is 45.0. The monoisotopic (exact) mass is 470 g/mol. The molecule has 0 aromatic heterocycles. The number of benzene rings is 2. The van der Waals surface area contributed by atoms with Gasteiger partial charge in [0.15, 0.2) is 0 Å². The lowest BCUT2D eigenvalue weighted by molar-refractivity contribution is -0.137. The van der Waals surface area contributed by atoms with E-state index in [0.717, 1.165) is 56.8 Å². The zero-order valence-electron chi connectivity index (χ0n) is 17.7. The number of alkyl halides is 3. The number of hydrogen-bond acceptors (Lipinski definition) is 4. The van der Waals surface area contributed by atoms with Gasteiger partial charge in [0.1, 0.15) is 12.4 Å². The van der Waals surface area contributed by atoms with Gasteiger partial charge in [-0.05, 0) is 36.2 Å². The van der Waals surface area contributed by atoms with E-state index in [2.05, 4.69) is 20.9 Å². The molecule has 2 aromatic carbocycles. The summed E-state index contributed by atoms with van der Waals surface area (Å²) in [6, 6.07) is 7.84. The molecule has 6 nitrogen and oxygen atoms in total. The molecule has 0 radical (unpaired) electrons. The van der Waals surface area contributed by atoms with E-state index in [-0.39, 0.29) is 5.69 Å². The molecule has 0 atom stereocenters. The van der Waals surface area contributed by atoms with E-state index in [9.17, 15) is 18.0 Å². The van der Waals surface area contributed by atoms with Crippen molar-refractivity contribution in [1.29, 1.82) is 0 Å². The topological polar surface area (TPSA) is 65.6 Å². The lowest BCUT2D eigenvalue weighted by atomic mass is 10.1. The molecule has 3 N–H and O–H groups in total. The number of anilines is 2. The highest BCUT2D eigenvalue weighted by Crippen LogP contribution is 2.36. The fraction of sp³-hybridized carbons (Fsp3) is 0.409. The van der Waals surface area contributed by atoms with Crippen LogP contribution in [0.25, 0.3) is 0 Å². The number of piperazine rings is 1. The molecule has 10 heteroatoms. The highest BCUT2D eigenvalue weighted by atomic mass is 35.5. The van der Waals surface area contributed by atoms with Gasteiger partial charge in [-0.1, -0.05) is 24.6 Å². The SMILES string of the molecule is CCc1ccc(NC(=O)Nc2ccc(Cl)c(C(F)(F)F)c2)cc1OCCN1CCNCC1. The van der Waals surface area contributed by atoms with Crippen molar-refractivity contribution in [1.82, 2.24) is 10.2 Å². The zero-order valence-corrected chi connectivity index (χ0v) is 18.4. The minimum Gasteiger partial charge on any atom is -0.492 e. The van der Waals surface area contributed by atoms with Crippen molar-refractivity contribution in [3.05, 3.63) is 52.5 Å². The van der Waals surface area contributed by atoms with Crippen molar-refractivity contribution in [3.63, 3.8) is 0 Å². The Hall–Kier alpha value is -2.49. The van der Waals surface area contributed by atoms with Crippen LogP contribution in [0, 0.1) is 0 Å². The molecule has 2 aromatic rings. The predicted octanol–water partition coefficient (Wildman–Crippen LogP) is 4.85. The van der Waals surface area contributed by atoms with E-state index in [0.29, 0.717) is 18.0 Å². The number of nitrogens with zero attached hydrogens (tertiary/aromatic N) is 1. The molecule has 0 spiro atoms. The summed E-state index contributed by atoms with van der Waals surface area (Å²) in [5.74, 6) is 0.672. The Morgan fingerprint density at radius 1 is 1.12 bits per heavy atom. The minimum atomic E-state index is -4.61. The third-order valence-electron chi connectivity index (χ3n) is 5.11. The van der Waals surface area contributed by atoms with E-state index in [1.807, 2.05) is 13.0 Å². The van der Waals surface area contributed by atoms with Gasteiger partial charge in [0.25, 0.3) is 0 Å². The molecule has 1 fully saturated rings. The highest BCUT2D eigenvalue weighted by Gasteiger charge is 2.33. The van der Waals surface area contributed by atoms with Crippen LogP contribution in [-0.2, 0) is 12.6 Å². The molecular formula is C22H26ClF3N4O2. The van der Waals surface area contributed by atoms with Crippen LogP contribution >= 0.6 is 11.6 Å². The molecule has 32 heavy (non-hydrogen) atoms. The second-order valence-corrected chi connectivity index (χ2v) is 7.79. The van der Waals surface area contributed by atoms with Crippen LogP contribution in [0.15, 0.2) is 36.4 Å². The maximum absolute atomic E-state index is 13.0. The quantitative estimate of drug-likeness (QED) is 0.541. The number of ether oxygens (including phenoxy) is 1. The van der Waals surface area contributed by atoms with Gasteiger partial charge >= 0.3 is 12.2 Å². The highest BCUT2D eigenvalue weighted by molar-refractivity contribution is 6.31. The van der Waals surface area contributed by atoms with Crippen LogP contribution in [0.4, 0.5) is 29.3 Å². The molecule has 3 rings (SSSR count). The fourth-order valence-corrected chi connectivity index (χ4v) is 3.62. The Morgan fingerprint density at radius 3 is 2.44 bits per heavy atom. The fourth-order valence-electron chi connectivity index (χ4n) is 3.39. The summed E-state index contributed by atoms with van der Waals surface area (Å²) in [4.78, 5) is 14.6. The second-order valence-electron chi connectivity index (χ2n) is 7.39. The van der Waals surface area contributed by atoms with Gasteiger partial charge in [-0.2, -0.15) is 13.2 Å². The van der Waals surface area contributed by atoms with Crippen LogP contribution in [0.3, 0.4) is 0 Å². The molecule has 1 aliphatic heterocycles. The number of rotatable bonds is 7. The van der Waals surface area contributed by atoms with Crippen LogP contribution in [0.2, 0.25) is 5.02 Å². The van der Waals surface area contributed by atoms with Gasteiger partial charge < -0.3 is 20.7 Å². The lowest BCUT2D eigenvalue weighted by Gasteiger charge is -2.27. The molecular weight excluding hydrogens is 445 g/mol. The Kier molecular flexibility index (Phi) is 8.22. The van der Waals surface area contributed by atoms with Crippen molar-refractivity contribution < 1.29 is 22.7 Å². The molecule has 0 unspecified atom stereocenters. The first kappa shape index (κ1) is 24.2.